The Morgan fingerprint density at radius 2 is 1.70 bits per heavy atom. The Hall–Kier alpha value is -1.28. The molecule has 0 unspecified atom stereocenters. The lowest BCUT2D eigenvalue weighted by atomic mass is 9.91. The van der Waals surface area contributed by atoms with E-state index in [0.717, 1.165) is 45.1 Å². The molecule has 1 atom stereocenters. The van der Waals surface area contributed by atoms with Crippen molar-refractivity contribution in [3.05, 3.63) is 18.2 Å². The fourth-order valence-electron chi connectivity index (χ4n) is 3.48. The van der Waals surface area contributed by atoms with Gasteiger partial charge in [0.15, 0.2) is 5.82 Å². The fraction of sp³-hybridized carbons (Fsp3) is 0.733. The zero-order chi connectivity index (χ0) is 16.4. The van der Waals surface area contributed by atoms with Crippen molar-refractivity contribution >= 4 is 16.0 Å². The predicted molar refractivity (Wildman–Crippen MR) is 86.2 cm³/mol. The van der Waals surface area contributed by atoms with Crippen LogP contribution in [0.1, 0.15) is 38.5 Å². The molecule has 128 valence electrons. The van der Waals surface area contributed by atoms with Crippen molar-refractivity contribution in [3.63, 3.8) is 0 Å². The minimum atomic E-state index is -3.19. The quantitative estimate of drug-likeness (QED) is 0.834. The summed E-state index contributed by atoms with van der Waals surface area (Å²) in [6.45, 7) is 1.46. The summed E-state index contributed by atoms with van der Waals surface area (Å²) < 4.78 is 39.1. The van der Waals surface area contributed by atoms with Gasteiger partial charge in [-0.15, -0.1) is 0 Å². The topological polar surface area (TPSA) is 66.4 Å². The lowest BCUT2D eigenvalue weighted by Gasteiger charge is -2.40. The van der Waals surface area contributed by atoms with E-state index in [1.807, 2.05) is 4.90 Å². The average molecular weight is 342 g/mol. The van der Waals surface area contributed by atoms with E-state index in [2.05, 4.69) is 9.97 Å². The van der Waals surface area contributed by atoms with Gasteiger partial charge in [-0.2, -0.15) is 4.31 Å². The molecule has 8 heteroatoms. The molecular formula is C15H23FN4O2S. The Morgan fingerprint density at radius 1 is 1.09 bits per heavy atom. The number of anilines is 1. The summed E-state index contributed by atoms with van der Waals surface area (Å²) in [5.74, 6) is 0.0660. The molecule has 1 aromatic heterocycles. The third-order valence-corrected chi connectivity index (χ3v) is 6.13. The number of nitrogens with zero attached hydrogens (tertiary/aromatic N) is 4. The van der Waals surface area contributed by atoms with Crippen LogP contribution < -0.4 is 4.90 Å². The highest BCUT2D eigenvalue weighted by Gasteiger charge is 2.37. The van der Waals surface area contributed by atoms with Crippen molar-refractivity contribution in [3.8, 4) is 0 Å². The molecule has 1 aliphatic heterocycles. The second-order valence-corrected chi connectivity index (χ2v) is 8.34. The summed E-state index contributed by atoms with van der Waals surface area (Å²) in [6, 6.07) is 0.212. The molecule has 0 N–H and O–H groups in total. The van der Waals surface area contributed by atoms with Gasteiger partial charge in [0.05, 0.1) is 18.6 Å². The van der Waals surface area contributed by atoms with Crippen LogP contribution in [0.25, 0.3) is 0 Å². The van der Waals surface area contributed by atoms with Gasteiger partial charge in [0.25, 0.3) is 0 Å². The predicted octanol–water partition coefficient (Wildman–Crippen LogP) is 1.79. The number of aromatic nitrogens is 2. The highest BCUT2D eigenvalue weighted by atomic mass is 32.2. The third-order valence-electron chi connectivity index (χ3n) is 4.76. The first kappa shape index (κ1) is 16.6. The van der Waals surface area contributed by atoms with E-state index in [1.165, 1.54) is 18.6 Å². The van der Waals surface area contributed by atoms with E-state index in [0.29, 0.717) is 12.5 Å². The van der Waals surface area contributed by atoms with Crippen LogP contribution >= 0.6 is 0 Å². The molecule has 0 radical (unpaired) electrons. The molecule has 1 saturated heterocycles. The summed E-state index contributed by atoms with van der Waals surface area (Å²) in [7, 11) is -3.19. The van der Waals surface area contributed by atoms with Crippen LogP contribution in [0.3, 0.4) is 0 Å². The number of halogens is 1. The lowest BCUT2D eigenvalue weighted by molar-refractivity contribution is 0.164. The molecule has 0 aromatic carbocycles. The minimum absolute atomic E-state index is 0.0424. The fourth-order valence-corrected chi connectivity index (χ4v) is 4.99. The van der Waals surface area contributed by atoms with Crippen LogP contribution in [0.15, 0.2) is 12.4 Å². The van der Waals surface area contributed by atoms with E-state index in [1.54, 1.807) is 4.31 Å². The molecule has 3 rings (SSSR count). The Kier molecular flexibility index (Phi) is 4.82. The summed E-state index contributed by atoms with van der Waals surface area (Å²) in [5.41, 5.74) is 0. The van der Waals surface area contributed by atoms with Crippen LogP contribution in [-0.2, 0) is 10.0 Å². The summed E-state index contributed by atoms with van der Waals surface area (Å²) in [6.07, 6.45) is 9.18. The zero-order valence-corrected chi connectivity index (χ0v) is 14.2. The largest absolute Gasteiger partial charge is 0.341 e. The van der Waals surface area contributed by atoms with Gasteiger partial charge in [0.2, 0.25) is 16.0 Å². The first-order valence-corrected chi connectivity index (χ1v) is 10.0. The van der Waals surface area contributed by atoms with Crippen LogP contribution in [0, 0.1) is 5.82 Å². The second-order valence-electron chi connectivity index (χ2n) is 6.45. The Bertz CT molecular complexity index is 633. The van der Waals surface area contributed by atoms with Crippen molar-refractivity contribution in [2.45, 2.75) is 50.6 Å². The van der Waals surface area contributed by atoms with E-state index in [4.69, 9.17) is 0 Å². The molecule has 2 aliphatic rings. The van der Waals surface area contributed by atoms with Crippen molar-refractivity contribution in [1.29, 1.82) is 0 Å². The zero-order valence-electron chi connectivity index (χ0n) is 13.4. The standard InChI is InChI=1S/C15H23FN4O2S/c1-23(21,22)20(13-4-2-5-13)14-6-3-8-19(9-7-14)15-17-10-12(16)11-18-15/h10-11,13-14H,2-9H2,1H3/t14-/m0/s1. The Morgan fingerprint density at radius 3 is 2.26 bits per heavy atom. The SMILES string of the molecule is CS(=O)(=O)N(C1CCC1)[C@H]1CCCN(c2ncc(F)cn2)CC1. The van der Waals surface area contributed by atoms with Crippen LogP contribution in [0.2, 0.25) is 0 Å². The first-order valence-electron chi connectivity index (χ1n) is 8.16. The Balaban J connectivity index is 1.71. The van der Waals surface area contributed by atoms with Crippen molar-refractivity contribution in [1.82, 2.24) is 14.3 Å². The van der Waals surface area contributed by atoms with Crippen molar-refractivity contribution < 1.29 is 12.8 Å². The summed E-state index contributed by atoms with van der Waals surface area (Å²) in [5, 5.41) is 0. The molecule has 1 aliphatic carbocycles. The molecule has 0 bridgehead atoms. The maximum atomic E-state index is 13.0. The second kappa shape index (κ2) is 6.68. The molecule has 0 amide bonds. The smallest absolute Gasteiger partial charge is 0.225 e. The van der Waals surface area contributed by atoms with E-state index in [9.17, 15) is 12.8 Å². The highest BCUT2D eigenvalue weighted by Crippen LogP contribution is 2.32. The van der Waals surface area contributed by atoms with Gasteiger partial charge in [-0.05, 0) is 32.1 Å². The van der Waals surface area contributed by atoms with Gasteiger partial charge < -0.3 is 4.90 Å². The number of rotatable bonds is 4. The molecule has 2 heterocycles. The third kappa shape index (κ3) is 3.80. The molecular weight excluding hydrogens is 319 g/mol. The minimum Gasteiger partial charge on any atom is -0.341 e. The molecule has 23 heavy (non-hydrogen) atoms. The number of sulfonamides is 1. The van der Waals surface area contributed by atoms with Crippen LogP contribution in [0.4, 0.5) is 10.3 Å². The van der Waals surface area contributed by atoms with Crippen molar-refractivity contribution in [2.24, 2.45) is 0 Å². The molecule has 2 fully saturated rings. The molecule has 1 aromatic rings. The summed E-state index contributed by atoms with van der Waals surface area (Å²) >= 11 is 0. The normalized spacial score (nSPS) is 23.6. The van der Waals surface area contributed by atoms with E-state index >= 15 is 0 Å². The van der Waals surface area contributed by atoms with Gasteiger partial charge >= 0.3 is 0 Å². The van der Waals surface area contributed by atoms with E-state index in [-0.39, 0.29) is 12.1 Å². The highest BCUT2D eigenvalue weighted by molar-refractivity contribution is 7.88. The van der Waals surface area contributed by atoms with E-state index < -0.39 is 15.8 Å². The van der Waals surface area contributed by atoms with Gasteiger partial charge in [-0.1, -0.05) is 6.42 Å². The van der Waals surface area contributed by atoms with Gasteiger partial charge in [0.1, 0.15) is 0 Å². The number of hydrogen-bond acceptors (Lipinski definition) is 5. The Labute approximate surface area is 136 Å². The van der Waals surface area contributed by atoms with Crippen LogP contribution in [-0.4, -0.2) is 54.1 Å². The van der Waals surface area contributed by atoms with Gasteiger partial charge in [-0.3, -0.25) is 0 Å². The van der Waals surface area contributed by atoms with Gasteiger partial charge in [-0.25, -0.2) is 22.8 Å². The maximum Gasteiger partial charge on any atom is 0.225 e. The number of hydrogen-bond donors (Lipinski definition) is 0. The lowest BCUT2D eigenvalue weighted by Crippen LogP contribution is -2.49. The average Bonchev–Trinajstić information content (AvgIpc) is 2.68. The molecule has 1 saturated carbocycles. The maximum absolute atomic E-state index is 13.0. The summed E-state index contributed by atoms with van der Waals surface area (Å²) in [4.78, 5) is 10.1. The van der Waals surface area contributed by atoms with Gasteiger partial charge in [0, 0.05) is 25.2 Å². The first-order chi connectivity index (χ1) is 10.9. The van der Waals surface area contributed by atoms with Crippen molar-refractivity contribution in [2.75, 3.05) is 24.2 Å². The molecule has 0 spiro atoms. The monoisotopic (exact) mass is 342 g/mol. The molecule has 6 nitrogen and oxygen atoms in total. The van der Waals surface area contributed by atoms with Crippen LogP contribution in [0.5, 0.6) is 0 Å².